The molecular weight excluding hydrogens is 430 g/mol. The molecule has 0 spiro atoms. The number of phenolic OH excluding ortho intramolecular Hbond substituents is 1. The Morgan fingerprint density at radius 2 is 1.70 bits per heavy atom. The number of likely N-dealkylation sites (tertiary alicyclic amines) is 1. The van der Waals surface area contributed by atoms with Crippen LogP contribution in [-0.2, 0) is 6.42 Å². The molecule has 1 saturated heterocycles. The van der Waals surface area contributed by atoms with Crippen molar-refractivity contribution in [3.05, 3.63) is 88.8 Å². The average Bonchev–Trinajstić information content (AvgIpc) is 3.21. The Morgan fingerprint density at radius 3 is 2.45 bits per heavy atom. The van der Waals surface area contributed by atoms with E-state index in [2.05, 4.69) is 17.0 Å². The number of benzene rings is 3. The highest BCUT2D eigenvalue weighted by molar-refractivity contribution is 7.21. The van der Waals surface area contributed by atoms with Crippen LogP contribution in [-0.4, -0.2) is 35.4 Å². The van der Waals surface area contributed by atoms with Crippen LogP contribution in [0.4, 0.5) is 0 Å². The summed E-state index contributed by atoms with van der Waals surface area (Å²) >= 11 is 1.35. The highest BCUT2D eigenvalue weighted by Gasteiger charge is 2.22. The molecule has 1 aliphatic rings. The number of carbonyl (C=O) groups excluding carboxylic acids is 1. The molecule has 1 fully saturated rings. The molecule has 4 nitrogen and oxygen atoms in total. The van der Waals surface area contributed by atoms with E-state index in [0.717, 1.165) is 23.1 Å². The van der Waals surface area contributed by atoms with Crippen LogP contribution >= 0.6 is 11.3 Å². The maximum absolute atomic E-state index is 13.3. The van der Waals surface area contributed by atoms with E-state index in [1.54, 1.807) is 12.1 Å². The number of aromatic hydroxyl groups is 1. The van der Waals surface area contributed by atoms with Gasteiger partial charge in [-0.1, -0.05) is 48.9 Å². The van der Waals surface area contributed by atoms with Gasteiger partial charge in [0.1, 0.15) is 16.4 Å². The number of ether oxygens (including phenoxy) is 1. The van der Waals surface area contributed by atoms with Crippen molar-refractivity contribution < 1.29 is 14.6 Å². The van der Waals surface area contributed by atoms with Gasteiger partial charge in [0, 0.05) is 22.2 Å². The molecule has 0 bridgehead atoms. The van der Waals surface area contributed by atoms with Gasteiger partial charge in [-0.2, -0.15) is 0 Å². The number of thiophene rings is 1. The number of hydrogen-bond acceptors (Lipinski definition) is 5. The summed E-state index contributed by atoms with van der Waals surface area (Å²) in [5, 5.41) is 10.8. The molecule has 0 unspecified atom stereocenters. The Kier molecular flexibility index (Phi) is 6.42. The Morgan fingerprint density at radius 1 is 0.939 bits per heavy atom. The molecule has 0 aliphatic carbocycles. The summed E-state index contributed by atoms with van der Waals surface area (Å²) in [7, 11) is 0. The third-order valence-electron chi connectivity index (χ3n) is 6.18. The Balaban J connectivity index is 1.39. The summed E-state index contributed by atoms with van der Waals surface area (Å²) in [6.07, 6.45) is 5.00. The predicted octanol–water partition coefficient (Wildman–Crippen LogP) is 6.66. The predicted molar refractivity (Wildman–Crippen MR) is 134 cm³/mol. The second-order valence-corrected chi connectivity index (χ2v) is 9.59. The molecule has 5 rings (SSSR count). The maximum Gasteiger partial charge on any atom is 0.206 e. The van der Waals surface area contributed by atoms with E-state index >= 15 is 0 Å². The highest BCUT2D eigenvalue weighted by atomic mass is 32.1. The fraction of sp³-hybridized carbons (Fsp3) is 0.250. The molecule has 1 aromatic heterocycles. The van der Waals surface area contributed by atoms with Crippen molar-refractivity contribution in [3.63, 3.8) is 0 Å². The zero-order chi connectivity index (χ0) is 22.6. The molecule has 0 saturated carbocycles. The number of phenols is 1. The van der Waals surface area contributed by atoms with E-state index in [1.165, 1.54) is 49.3 Å². The second-order valence-electron chi connectivity index (χ2n) is 8.53. The largest absolute Gasteiger partial charge is 0.508 e. The minimum Gasteiger partial charge on any atom is -0.508 e. The zero-order valence-electron chi connectivity index (χ0n) is 18.5. The number of piperidine rings is 1. The SMILES string of the molecule is O=C(c1ccccc1)c1sc2cc(O)ccc2c1Oc1ccc(CCN2CCCCC2)cc1. The molecule has 2 heterocycles. The minimum absolute atomic E-state index is 0.0792. The van der Waals surface area contributed by atoms with Gasteiger partial charge in [0.05, 0.1) is 0 Å². The molecule has 168 valence electrons. The van der Waals surface area contributed by atoms with E-state index < -0.39 is 0 Å². The smallest absolute Gasteiger partial charge is 0.206 e. The lowest BCUT2D eigenvalue weighted by Crippen LogP contribution is -2.31. The van der Waals surface area contributed by atoms with Crippen LogP contribution in [0.1, 0.15) is 40.1 Å². The molecule has 1 N–H and O–H groups in total. The number of carbonyl (C=O) groups is 1. The Labute approximate surface area is 198 Å². The van der Waals surface area contributed by atoms with Gasteiger partial charge in [-0.15, -0.1) is 11.3 Å². The molecule has 3 aromatic carbocycles. The molecule has 1 aliphatic heterocycles. The standard InChI is InChI=1S/C28H27NO3S/c30-22-11-14-24-25(19-22)33-28(26(31)21-7-3-1-4-8-21)27(24)32-23-12-9-20(10-13-23)15-18-29-16-5-2-6-17-29/h1,3-4,7-14,19,30H,2,5-6,15-18H2. The minimum atomic E-state index is -0.0792. The van der Waals surface area contributed by atoms with E-state index in [0.29, 0.717) is 21.9 Å². The summed E-state index contributed by atoms with van der Waals surface area (Å²) in [6, 6.07) is 22.5. The average molecular weight is 458 g/mol. The van der Waals surface area contributed by atoms with Crippen molar-refractivity contribution >= 4 is 27.2 Å². The van der Waals surface area contributed by atoms with Crippen LogP contribution in [0.3, 0.4) is 0 Å². The van der Waals surface area contributed by atoms with Crippen LogP contribution in [0.2, 0.25) is 0 Å². The zero-order valence-corrected chi connectivity index (χ0v) is 19.3. The number of fused-ring (bicyclic) bond motifs is 1. The first-order valence-electron chi connectivity index (χ1n) is 11.5. The van der Waals surface area contributed by atoms with Gasteiger partial charge in [0.25, 0.3) is 0 Å². The van der Waals surface area contributed by atoms with Gasteiger partial charge in [-0.05, 0) is 68.2 Å². The van der Waals surface area contributed by atoms with Crippen molar-refractivity contribution in [2.24, 2.45) is 0 Å². The van der Waals surface area contributed by atoms with E-state index in [9.17, 15) is 9.90 Å². The van der Waals surface area contributed by atoms with E-state index in [-0.39, 0.29) is 11.5 Å². The number of hydrogen-bond donors (Lipinski definition) is 1. The molecule has 0 radical (unpaired) electrons. The fourth-order valence-electron chi connectivity index (χ4n) is 4.35. The molecule has 0 atom stereocenters. The normalized spacial score (nSPS) is 14.4. The molecule has 33 heavy (non-hydrogen) atoms. The first kappa shape index (κ1) is 21.7. The monoisotopic (exact) mass is 457 g/mol. The van der Waals surface area contributed by atoms with Crippen LogP contribution < -0.4 is 4.74 Å². The summed E-state index contributed by atoms with van der Waals surface area (Å²) in [6.45, 7) is 3.51. The first-order valence-corrected chi connectivity index (χ1v) is 12.3. The Bertz CT molecular complexity index is 1240. The number of rotatable bonds is 7. The third kappa shape index (κ3) is 4.95. The van der Waals surface area contributed by atoms with Gasteiger partial charge in [0.15, 0.2) is 5.75 Å². The third-order valence-corrected chi connectivity index (χ3v) is 7.31. The summed E-state index contributed by atoms with van der Waals surface area (Å²) in [4.78, 5) is 16.3. The van der Waals surface area contributed by atoms with Crippen molar-refractivity contribution in [1.29, 1.82) is 0 Å². The van der Waals surface area contributed by atoms with Crippen molar-refractivity contribution in [2.75, 3.05) is 19.6 Å². The number of nitrogens with zero attached hydrogens (tertiary/aromatic N) is 1. The van der Waals surface area contributed by atoms with E-state index in [4.69, 9.17) is 4.74 Å². The van der Waals surface area contributed by atoms with Gasteiger partial charge in [-0.3, -0.25) is 4.79 Å². The summed E-state index contributed by atoms with van der Waals surface area (Å²) in [5.74, 6) is 1.34. The first-order chi connectivity index (χ1) is 16.2. The Hall–Kier alpha value is -3.15. The van der Waals surface area contributed by atoms with E-state index in [1.807, 2.05) is 48.5 Å². The molecule has 4 aromatic rings. The number of ketones is 1. The summed E-state index contributed by atoms with van der Waals surface area (Å²) in [5.41, 5.74) is 1.90. The van der Waals surface area contributed by atoms with Crippen LogP contribution in [0.25, 0.3) is 10.1 Å². The topological polar surface area (TPSA) is 49.8 Å². The van der Waals surface area contributed by atoms with Gasteiger partial charge >= 0.3 is 0 Å². The highest BCUT2D eigenvalue weighted by Crippen LogP contribution is 2.42. The van der Waals surface area contributed by atoms with Gasteiger partial charge in [-0.25, -0.2) is 0 Å². The van der Waals surface area contributed by atoms with Crippen molar-refractivity contribution in [1.82, 2.24) is 4.90 Å². The van der Waals surface area contributed by atoms with Crippen LogP contribution in [0.5, 0.6) is 17.2 Å². The summed E-state index contributed by atoms with van der Waals surface area (Å²) < 4.78 is 7.11. The maximum atomic E-state index is 13.3. The quantitative estimate of drug-likeness (QED) is 0.315. The lowest BCUT2D eigenvalue weighted by molar-refractivity contribution is 0.104. The van der Waals surface area contributed by atoms with Crippen molar-refractivity contribution in [2.45, 2.75) is 25.7 Å². The molecule has 0 amide bonds. The van der Waals surface area contributed by atoms with Crippen LogP contribution in [0.15, 0.2) is 72.8 Å². The van der Waals surface area contributed by atoms with Crippen LogP contribution in [0, 0.1) is 0 Å². The fourth-order valence-corrected chi connectivity index (χ4v) is 5.47. The lowest BCUT2D eigenvalue weighted by atomic mass is 10.1. The molecular formula is C28H27NO3S. The second kappa shape index (κ2) is 9.77. The van der Waals surface area contributed by atoms with Gasteiger partial charge < -0.3 is 14.7 Å². The van der Waals surface area contributed by atoms with Crippen molar-refractivity contribution in [3.8, 4) is 17.2 Å². The van der Waals surface area contributed by atoms with Gasteiger partial charge in [0.2, 0.25) is 5.78 Å². The lowest BCUT2D eigenvalue weighted by Gasteiger charge is -2.26. The molecule has 5 heteroatoms.